The molecule has 0 spiro atoms. The molecule has 30 heavy (non-hydrogen) atoms. The summed E-state index contributed by atoms with van der Waals surface area (Å²) in [6, 6.07) is 14.4. The van der Waals surface area contributed by atoms with Gasteiger partial charge in [0.2, 0.25) is 11.8 Å². The molecule has 1 heterocycles. The molecule has 0 unspecified atom stereocenters. The number of benzene rings is 2. The molecule has 1 aliphatic rings. The maximum absolute atomic E-state index is 12.3. The molecule has 0 saturated heterocycles. The number of rotatable bonds is 8. The lowest BCUT2D eigenvalue weighted by Crippen LogP contribution is -2.21. The highest BCUT2D eigenvalue weighted by Gasteiger charge is 2.31. The van der Waals surface area contributed by atoms with E-state index in [1.807, 2.05) is 38.1 Å². The molecular weight excluding hydrogens is 402 g/mol. The molecule has 2 aromatic rings. The van der Waals surface area contributed by atoms with Crippen molar-refractivity contribution in [3.8, 4) is 5.75 Å². The third-order valence-electron chi connectivity index (χ3n) is 4.26. The first-order valence-corrected chi connectivity index (χ1v) is 10.5. The van der Waals surface area contributed by atoms with Crippen LogP contribution in [-0.2, 0) is 14.4 Å². The highest BCUT2D eigenvalue weighted by molar-refractivity contribution is 8.15. The van der Waals surface area contributed by atoms with Crippen LogP contribution in [-0.4, -0.2) is 34.6 Å². The normalized spacial score (nSPS) is 15.5. The Hall–Kier alpha value is -3.13. The van der Waals surface area contributed by atoms with Gasteiger partial charge >= 0.3 is 0 Å². The molecule has 0 aliphatic carbocycles. The van der Waals surface area contributed by atoms with E-state index in [-0.39, 0.29) is 30.6 Å². The smallest absolute Gasteiger partial charge is 0.260 e. The van der Waals surface area contributed by atoms with Gasteiger partial charge in [-0.15, -0.1) is 0 Å². The first-order chi connectivity index (χ1) is 14.4. The van der Waals surface area contributed by atoms with Crippen molar-refractivity contribution in [2.24, 2.45) is 4.99 Å². The second-order valence-corrected chi connectivity index (χ2v) is 8.03. The van der Waals surface area contributed by atoms with E-state index in [1.165, 1.54) is 11.8 Å². The predicted octanol–water partition coefficient (Wildman–Crippen LogP) is 3.79. The topological polar surface area (TPSA) is 96.9 Å². The molecule has 0 saturated carbocycles. The molecule has 1 aliphatic heterocycles. The Kier molecular flexibility index (Phi) is 7.24. The second kappa shape index (κ2) is 10.1. The summed E-state index contributed by atoms with van der Waals surface area (Å²) in [6.45, 7) is 4.43. The average molecular weight is 426 g/mol. The standard InChI is InChI=1S/C22H23N3O4S/c1-3-29-17-10-8-16(9-11-17)23-19(26)12-18-22(28)25-21(30-18)13-20(27)24-15-6-4-14(2)5-7-15/h4-11,18H,3,12-13H2,1-2H3,(H,23,26)(H,24,27)/t18-/m1/s1. The lowest BCUT2D eigenvalue weighted by atomic mass is 10.2. The molecular formula is C22H23N3O4S. The fourth-order valence-electron chi connectivity index (χ4n) is 2.81. The van der Waals surface area contributed by atoms with Crippen LogP contribution in [0.25, 0.3) is 0 Å². The number of anilines is 2. The SMILES string of the molecule is CCOc1ccc(NC(=O)C[C@H]2SC(CC(=O)Nc3ccc(C)cc3)=NC2=O)cc1. The summed E-state index contributed by atoms with van der Waals surface area (Å²) in [5, 5.41) is 5.34. The molecule has 3 rings (SSSR count). The van der Waals surface area contributed by atoms with Crippen molar-refractivity contribution in [3.05, 3.63) is 54.1 Å². The summed E-state index contributed by atoms with van der Waals surface area (Å²) in [6.07, 6.45) is -0.00934. The van der Waals surface area contributed by atoms with Crippen LogP contribution in [0.15, 0.2) is 53.5 Å². The van der Waals surface area contributed by atoms with Crippen molar-refractivity contribution >= 4 is 45.9 Å². The van der Waals surface area contributed by atoms with Crippen LogP contribution in [0.1, 0.15) is 25.3 Å². The van der Waals surface area contributed by atoms with Gasteiger partial charge in [-0.25, -0.2) is 4.99 Å². The monoisotopic (exact) mass is 425 g/mol. The summed E-state index contributed by atoms with van der Waals surface area (Å²) < 4.78 is 5.37. The highest BCUT2D eigenvalue weighted by atomic mass is 32.2. The molecule has 0 fully saturated rings. The summed E-state index contributed by atoms with van der Waals surface area (Å²) in [5.41, 5.74) is 2.41. The minimum Gasteiger partial charge on any atom is -0.494 e. The number of nitrogens with zero attached hydrogens (tertiary/aromatic N) is 1. The molecule has 2 aromatic carbocycles. The number of amides is 3. The Morgan fingerprint density at radius 1 is 1.00 bits per heavy atom. The van der Waals surface area contributed by atoms with Crippen LogP contribution in [0.5, 0.6) is 5.75 Å². The number of carbonyl (C=O) groups excluding carboxylic acids is 3. The van der Waals surface area contributed by atoms with Gasteiger partial charge in [0.1, 0.15) is 11.0 Å². The molecule has 2 N–H and O–H groups in total. The quantitative estimate of drug-likeness (QED) is 0.671. The van der Waals surface area contributed by atoms with Crippen molar-refractivity contribution < 1.29 is 19.1 Å². The van der Waals surface area contributed by atoms with Gasteiger partial charge in [-0.3, -0.25) is 14.4 Å². The predicted molar refractivity (Wildman–Crippen MR) is 119 cm³/mol. The maximum Gasteiger partial charge on any atom is 0.260 e. The number of aliphatic imine (C=N–C) groups is 1. The van der Waals surface area contributed by atoms with E-state index in [4.69, 9.17) is 4.74 Å². The van der Waals surface area contributed by atoms with Gasteiger partial charge in [-0.05, 0) is 50.2 Å². The van der Waals surface area contributed by atoms with E-state index in [1.54, 1.807) is 24.3 Å². The van der Waals surface area contributed by atoms with Gasteiger partial charge in [0.15, 0.2) is 0 Å². The van der Waals surface area contributed by atoms with Crippen LogP contribution in [0.3, 0.4) is 0 Å². The largest absolute Gasteiger partial charge is 0.494 e. The van der Waals surface area contributed by atoms with Crippen LogP contribution >= 0.6 is 11.8 Å². The lowest BCUT2D eigenvalue weighted by Gasteiger charge is -2.09. The maximum atomic E-state index is 12.3. The van der Waals surface area contributed by atoms with Gasteiger partial charge in [0.05, 0.1) is 18.1 Å². The zero-order valence-corrected chi connectivity index (χ0v) is 17.6. The Morgan fingerprint density at radius 2 is 1.60 bits per heavy atom. The van der Waals surface area contributed by atoms with Gasteiger partial charge in [0, 0.05) is 17.8 Å². The van der Waals surface area contributed by atoms with Crippen LogP contribution < -0.4 is 15.4 Å². The lowest BCUT2D eigenvalue weighted by molar-refractivity contribution is -0.121. The number of thioether (sulfide) groups is 1. The Morgan fingerprint density at radius 3 is 2.23 bits per heavy atom. The van der Waals surface area contributed by atoms with Crippen molar-refractivity contribution in [2.75, 3.05) is 17.2 Å². The summed E-state index contributed by atoms with van der Waals surface area (Å²) in [7, 11) is 0. The van der Waals surface area contributed by atoms with Gasteiger partial charge < -0.3 is 15.4 Å². The molecule has 3 amide bonds. The summed E-state index contributed by atoms with van der Waals surface area (Å²) in [4.78, 5) is 40.6. The van der Waals surface area contributed by atoms with Crippen molar-refractivity contribution in [3.63, 3.8) is 0 Å². The number of hydrogen-bond acceptors (Lipinski definition) is 5. The molecule has 1 atom stereocenters. The molecule has 7 nitrogen and oxygen atoms in total. The van der Waals surface area contributed by atoms with Crippen molar-refractivity contribution in [1.82, 2.24) is 0 Å². The van der Waals surface area contributed by atoms with E-state index in [0.29, 0.717) is 23.0 Å². The zero-order valence-electron chi connectivity index (χ0n) is 16.8. The second-order valence-electron chi connectivity index (χ2n) is 6.75. The minimum absolute atomic E-state index is 0.00128. The number of carbonyl (C=O) groups is 3. The van der Waals surface area contributed by atoms with Gasteiger partial charge in [0.25, 0.3) is 5.91 Å². The number of hydrogen-bond donors (Lipinski definition) is 2. The van der Waals surface area contributed by atoms with E-state index in [9.17, 15) is 14.4 Å². The third kappa shape index (κ3) is 6.18. The molecule has 0 bridgehead atoms. The van der Waals surface area contributed by atoms with Crippen LogP contribution in [0, 0.1) is 6.92 Å². The summed E-state index contributed by atoms with van der Waals surface area (Å²) >= 11 is 1.17. The van der Waals surface area contributed by atoms with Crippen LogP contribution in [0.4, 0.5) is 11.4 Å². The van der Waals surface area contributed by atoms with E-state index < -0.39 is 5.25 Å². The van der Waals surface area contributed by atoms with Gasteiger partial charge in [-0.1, -0.05) is 29.5 Å². The zero-order chi connectivity index (χ0) is 21.5. The Bertz CT molecular complexity index is 955. The van der Waals surface area contributed by atoms with Crippen molar-refractivity contribution in [1.29, 1.82) is 0 Å². The number of ether oxygens (including phenoxy) is 1. The molecule has 156 valence electrons. The summed E-state index contributed by atoms with van der Waals surface area (Å²) in [5.74, 6) is -0.207. The van der Waals surface area contributed by atoms with E-state index in [2.05, 4.69) is 15.6 Å². The third-order valence-corrected chi connectivity index (χ3v) is 5.42. The fraction of sp³-hybridized carbons (Fsp3) is 0.273. The van der Waals surface area contributed by atoms with E-state index >= 15 is 0 Å². The Labute approximate surface area is 179 Å². The molecule has 8 heteroatoms. The number of nitrogens with one attached hydrogen (secondary N) is 2. The fourth-order valence-corrected chi connectivity index (χ4v) is 3.88. The van der Waals surface area contributed by atoms with Crippen molar-refractivity contribution in [2.45, 2.75) is 31.9 Å². The molecule has 0 aromatic heterocycles. The first-order valence-electron chi connectivity index (χ1n) is 9.60. The average Bonchev–Trinajstić information content (AvgIpc) is 3.04. The first kappa shape index (κ1) is 21.6. The Balaban J connectivity index is 1.47. The highest BCUT2D eigenvalue weighted by Crippen LogP contribution is 2.27. The number of aryl methyl sites for hydroxylation is 1. The minimum atomic E-state index is -0.616. The molecule has 0 radical (unpaired) electrons. The van der Waals surface area contributed by atoms with E-state index in [0.717, 1.165) is 11.3 Å². The van der Waals surface area contributed by atoms with Gasteiger partial charge in [-0.2, -0.15) is 0 Å². The van der Waals surface area contributed by atoms with Crippen LogP contribution in [0.2, 0.25) is 0 Å².